The second-order valence-electron chi connectivity index (χ2n) is 15.6. The first kappa shape index (κ1) is 41.0. The van der Waals surface area contributed by atoms with Crippen LogP contribution in [0.5, 0.6) is 0 Å². The van der Waals surface area contributed by atoms with E-state index in [-0.39, 0.29) is 72.1 Å². The second kappa shape index (κ2) is 15.1. The van der Waals surface area contributed by atoms with E-state index in [2.05, 4.69) is 22.0 Å². The SMILES string of the molecule is Cn1nc(CS(C)(=O)=O)c2c(Cl)ccc(-c3ccc(C#CC4(O)CCOCC4)nc3[C@@H](CC(=O)Cn3nc(C(F)F)c4c3C(F)(F)[C@@H]3C[C@H]43)Cc3cc(F)cc(F)c3)c21. The number of carbonyl (C=O) groups is 1. The van der Waals surface area contributed by atoms with Gasteiger partial charge in [-0.2, -0.15) is 19.0 Å². The van der Waals surface area contributed by atoms with Crippen LogP contribution in [0.4, 0.5) is 26.3 Å². The third-order valence-corrected chi connectivity index (χ3v) is 12.2. The molecule has 1 saturated heterocycles. The molecule has 2 fully saturated rings. The summed E-state index contributed by atoms with van der Waals surface area (Å²) >= 11 is 6.66. The van der Waals surface area contributed by atoms with Crippen LogP contribution >= 0.6 is 11.6 Å². The highest BCUT2D eigenvalue weighted by molar-refractivity contribution is 7.89. The van der Waals surface area contributed by atoms with Crippen LogP contribution in [-0.4, -0.2) is 68.9 Å². The quantitative estimate of drug-likeness (QED) is 0.108. The van der Waals surface area contributed by atoms with Crippen LogP contribution in [0.1, 0.15) is 83.5 Å². The fourth-order valence-corrected chi connectivity index (χ4v) is 9.45. The van der Waals surface area contributed by atoms with E-state index in [0.717, 1.165) is 18.4 Å². The Morgan fingerprint density at radius 1 is 1.05 bits per heavy atom. The van der Waals surface area contributed by atoms with E-state index in [1.165, 1.54) is 10.7 Å². The van der Waals surface area contributed by atoms with Crippen LogP contribution in [0.15, 0.2) is 42.5 Å². The molecule has 0 radical (unpaired) electrons. The summed E-state index contributed by atoms with van der Waals surface area (Å²) in [4.78, 5) is 19.0. The maximum absolute atomic E-state index is 15.5. The summed E-state index contributed by atoms with van der Waals surface area (Å²) in [5.41, 5.74) is -1.34. The van der Waals surface area contributed by atoms with Gasteiger partial charge in [-0.3, -0.25) is 14.2 Å². The number of pyridine rings is 1. The van der Waals surface area contributed by atoms with E-state index in [0.29, 0.717) is 32.8 Å². The molecule has 1 aliphatic heterocycles. The number of alkyl halides is 4. The molecule has 0 amide bonds. The Morgan fingerprint density at radius 3 is 2.42 bits per heavy atom. The Hall–Kier alpha value is -4.76. The number of fused-ring (bicyclic) bond motifs is 4. The standard InChI is InChI=1S/C41H36ClF6N5O5S/c1-52-37-28(5-6-31(42)34(37)32(50-52)20-59(2,56)57)27-4-3-25(7-8-40(55)9-11-58-12-10-40)49-35(27)22(13-21-14-23(43)17-24(44)15-21)16-26(54)19-53-38-33(36(51-53)39(45)46)29-18-30(29)41(38,47)48/h3-6,14-15,17,22,29-30,39,55H,9-13,16,18-20H2,1-2H3/t22-,29+,30-/m1/s1. The zero-order valence-electron chi connectivity index (χ0n) is 31.6. The Labute approximate surface area is 339 Å². The third-order valence-electron chi connectivity index (χ3n) is 11.1. The maximum atomic E-state index is 15.5. The fraction of sp³-hybridized carbons (Fsp3) is 0.415. The summed E-state index contributed by atoms with van der Waals surface area (Å²) in [7, 11) is -1.99. The summed E-state index contributed by atoms with van der Waals surface area (Å²) in [6, 6.07) is 9.21. The zero-order chi connectivity index (χ0) is 42.2. The minimum Gasteiger partial charge on any atom is -0.381 e. The van der Waals surface area contributed by atoms with Crippen molar-refractivity contribution in [3.63, 3.8) is 0 Å². The molecular weight excluding hydrogens is 824 g/mol. The van der Waals surface area contributed by atoms with Crippen molar-refractivity contribution in [2.45, 2.75) is 74.2 Å². The molecule has 59 heavy (non-hydrogen) atoms. The van der Waals surface area contributed by atoms with E-state index >= 15 is 8.78 Å². The number of aliphatic hydroxyl groups is 1. The largest absolute Gasteiger partial charge is 0.381 e. The van der Waals surface area contributed by atoms with Gasteiger partial charge in [0.25, 0.3) is 12.3 Å². The van der Waals surface area contributed by atoms with E-state index < -0.39 is 93.1 Å². The number of hydrogen-bond donors (Lipinski definition) is 1. The lowest BCUT2D eigenvalue weighted by Gasteiger charge is -2.26. The normalized spacial score (nSPS) is 19.6. The lowest BCUT2D eigenvalue weighted by molar-refractivity contribution is -0.120. The van der Waals surface area contributed by atoms with Gasteiger partial charge >= 0.3 is 0 Å². The molecule has 0 unspecified atom stereocenters. The minimum atomic E-state index is -3.58. The number of carbonyl (C=O) groups excluding carboxylic acids is 1. The Kier molecular flexibility index (Phi) is 10.5. The van der Waals surface area contributed by atoms with Gasteiger partial charge in [-0.25, -0.2) is 31.0 Å². The van der Waals surface area contributed by atoms with E-state index in [4.69, 9.17) is 21.3 Å². The summed E-state index contributed by atoms with van der Waals surface area (Å²) in [6.07, 6.45) is -2.31. The number of benzene rings is 2. The third kappa shape index (κ3) is 7.99. The van der Waals surface area contributed by atoms with Gasteiger partial charge < -0.3 is 9.84 Å². The number of aryl methyl sites for hydroxylation is 1. The van der Waals surface area contributed by atoms with Crippen LogP contribution < -0.4 is 0 Å². The number of ketones is 1. The molecule has 2 aromatic carbocycles. The average molecular weight is 860 g/mol. The van der Waals surface area contributed by atoms with Crippen molar-refractivity contribution in [3.8, 4) is 23.0 Å². The summed E-state index contributed by atoms with van der Waals surface area (Å²) in [6.45, 7) is -0.244. The molecule has 310 valence electrons. The minimum absolute atomic E-state index is 0.0366. The number of halogens is 7. The van der Waals surface area contributed by atoms with Crippen LogP contribution in [0, 0.1) is 29.4 Å². The predicted molar refractivity (Wildman–Crippen MR) is 204 cm³/mol. The highest BCUT2D eigenvalue weighted by Crippen LogP contribution is 2.68. The van der Waals surface area contributed by atoms with Gasteiger partial charge in [-0.1, -0.05) is 23.6 Å². The van der Waals surface area contributed by atoms with Crippen molar-refractivity contribution in [2.75, 3.05) is 19.5 Å². The fourth-order valence-electron chi connectivity index (χ4n) is 8.49. The number of aromatic nitrogens is 5. The highest BCUT2D eigenvalue weighted by atomic mass is 35.5. The van der Waals surface area contributed by atoms with E-state index in [1.807, 2.05) is 0 Å². The molecule has 3 atom stereocenters. The molecule has 3 aliphatic rings. The molecular formula is C41H36ClF6N5O5S. The number of hydrogen-bond acceptors (Lipinski definition) is 8. The van der Waals surface area contributed by atoms with Crippen LogP contribution in [0.3, 0.4) is 0 Å². The van der Waals surface area contributed by atoms with Crippen molar-refractivity contribution >= 4 is 38.1 Å². The number of rotatable bonds is 11. The van der Waals surface area contributed by atoms with Gasteiger partial charge in [0, 0.05) is 72.5 Å². The number of nitrogens with zero attached hydrogens (tertiary/aromatic N) is 5. The number of sulfone groups is 1. The van der Waals surface area contributed by atoms with Crippen molar-refractivity contribution < 1.29 is 49.4 Å². The summed E-state index contributed by atoms with van der Waals surface area (Å²) < 4.78 is 121. The van der Waals surface area contributed by atoms with Crippen molar-refractivity contribution in [3.05, 3.63) is 98.7 Å². The average Bonchev–Trinajstić information content (AvgIpc) is 3.69. The topological polar surface area (TPSA) is 129 Å². The molecule has 18 heteroatoms. The second-order valence-corrected chi connectivity index (χ2v) is 18.1. The molecule has 0 spiro atoms. The first-order chi connectivity index (χ1) is 27.8. The summed E-state index contributed by atoms with van der Waals surface area (Å²) in [5.74, 6) is -3.65. The molecule has 2 aliphatic carbocycles. The molecule has 5 aromatic rings. The molecule has 10 nitrogen and oxygen atoms in total. The van der Waals surface area contributed by atoms with E-state index in [9.17, 15) is 35.9 Å². The van der Waals surface area contributed by atoms with Gasteiger partial charge in [-0.15, -0.1) is 0 Å². The molecule has 3 aromatic heterocycles. The van der Waals surface area contributed by atoms with Gasteiger partial charge in [0.1, 0.15) is 40.9 Å². The summed E-state index contributed by atoms with van der Waals surface area (Å²) in [5, 5.41) is 19.9. The predicted octanol–water partition coefficient (Wildman–Crippen LogP) is 7.33. The van der Waals surface area contributed by atoms with E-state index in [1.54, 1.807) is 25.2 Å². The molecule has 0 bridgehead atoms. The monoisotopic (exact) mass is 859 g/mol. The maximum Gasteiger partial charge on any atom is 0.293 e. The van der Waals surface area contributed by atoms with Gasteiger partial charge in [0.15, 0.2) is 15.6 Å². The number of Topliss-reactive ketones (excluding diaryl/α,β-unsaturated/α-hetero) is 1. The van der Waals surface area contributed by atoms with Crippen molar-refractivity contribution in [2.24, 2.45) is 13.0 Å². The molecule has 1 N–H and O–H groups in total. The smallest absolute Gasteiger partial charge is 0.293 e. The zero-order valence-corrected chi connectivity index (χ0v) is 33.2. The van der Waals surface area contributed by atoms with Gasteiger partial charge in [-0.05, 0) is 60.6 Å². The van der Waals surface area contributed by atoms with Crippen molar-refractivity contribution in [1.82, 2.24) is 24.5 Å². The highest BCUT2D eigenvalue weighted by Gasteiger charge is 2.67. The van der Waals surface area contributed by atoms with Crippen molar-refractivity contribution in [1.29, 1.82) is 0 Å². The molecule has 4 heterocycles. The Balaban J connectivity index is 1.28. The lowest BCUT2D eigenvalue weighted by atomic mass is 9.86. The van der Waals surface area contributed by atoms with Gasteiger partial charge in [0.05, 0.1) is 40.9 Å². The van der Waals surface area contributed by atoms with Crippen LogP contribution in [-0.2, 0) is 51.1 Å². The first-order valence-corrected chi connectivity index (χ1v) is 21.2. The van der Waals surface area contributed by atoms with Crippen LogP contribution in [0.25, 0.3) is 22.0 Å². The van der Waals surface area contributed by atoms with Crippen LogP contribution in [0.2, 0.25) is 5.02 Å². The first-order valence-electron chi connectivity index (χ1n) is 18.7. The Morgan fingerprint density at radius 2 is 1.75 bits per heavy atom. The Bertz CT molecular complexity index is 2680. The molecule has 1 saturated carbocycles. The van der Waals surface area contributed by atoms with Gasteiger partial charge in [0.2, 0.25) is 0 Å². The number of ether oxygens (including phenoxy) is 1. The lowest BCUT2D eigenvalue weighted by Crippen LogP contribution is -2.34. The molecule has 8 rings (SSSR count).